The van der Waals surface area contributed by atoms with Gasteiger partial charge in [-0.3, -0.25) is 29.6 Å². The molecule has 1 amide bonds. The minimum absolute atomic E-state index is 0.0294. The van der Waals surface area contributed by atoms with Crippen molar-refractivity contribution in [3.8, 4) is 23.1 Å². The van der Waals surface area contributed by atoms with Crippen molar-refractivity contribution in [1.29, 1.82) is 5.26 Å². The molecule has 0 fully saturated rings. The summed E-state index contributed by atoms with van der Waals surface area (Å²) in [4.78, 5) is 52.2. The quantitative estimate of drug-likeness (QED) is 0.167. The Morgan fingerprint density at radius 3 is 2.31 bits per heavy atom. The van der Waals surface area contributed by atoms with Gasteiger partial charge in [-0.25, -0.2) is 9.79 Å². The van der Waals surface area contributed by atoms with Gasteiger partial charge in [-0.15, -0.1) is 0 Å². The summed E-state index contributed by atoms with van der Waals surface area (Å²) >= 11 is 0.987. The summed E-state index contributed by atoms with van der Waals surface area (Å²) in [6.07, 6.45) is 0. The van der Waals surface area contributed by atoms with Crippen molar-refractivity contribution in [3.05, 3.63) is 126 Å². The third kappa shape index (κ3) is 5.11. The summed E-state index contributed by atoms with van der Waals surface area (Å²) in [5, 5.41) is 45.8. The van der Waals surface area contributed by atoms with Crippen LogP contribution in [0.3, 0.4) is 0 Å². The van der Waals surface area contributed by atoms with Crippen molar-refractivity contribution in [2.45, 2.75) is 5.92 Å². The molecule has 3 heterocycles. The van der Waals surface area contributed by atoms with E-state index in [1.54, 1.807) is 36.4 Å². The highest BCUT2D eigenvalue weighted by Gasteiger charge is 2.43. The smallest absolute Gasteiger partial charge is 0.335 e. The van der Waals surface area contributed by atoms with E-state index in [0.717, 1.165) is 11.3 Å². The van der Waals surface area contributed by atoms with Crippen LogP contribution in [0.25, 0.3) is 17.0 Å². The fourth-order valence-corrected chi connectivity index (χ4v) is 6.26. The van der Waals surface area contributed by atoms with Crippen molar-refractivity contribution in [2.75, 3.05) is 5.32 Å². The maximum absolute atomic E-state index is 13.4. The van der Waals surface area contributed by atoms with Gasteiger partial charge < -0.3 is 14.8 Å². The number of nitro benzene ring substituents is 2. The van der Waals surface area contributed by atoms with Gasteiger partial charge >= 0.3 is 5.97 Å². The second kappa shape index (κ2) is 11.4. The number of aromatic nitrogens is 1. The Balaban J connectivity index is 1.59. The molecule has 1 aliphatic rings. The van der Waals surface area contributed by atoms with Crippen molar-refractivity contribution in [3.63, 3.8) is 0 Å². The molecule has 0 saturated carbocycles. The minimum atomic E-state index is -1.28. The molecule has 6 rings (SSSR count). The van der Waals surface area contributed by atoms with Gasteiger partial charge in [0.15, 0.2) is 4.80 Å². The number of carbonyl (C=O) groups is 2. The summed E-state index contributed by atoms with van der Waals surface area (Å²) < 4.78 is 7.46. The number of fused-ring (bicyclic) bond motifs is 1. The zero-order chi connectivity index (χ0) is 31.8. The lowest BCUT2D eigenvalue weighted by atomic mass is 9.86. The number of nitrogens with zero attached hydrogens (tertiary/aromatic N) is 5. The van der Waals surface area contributed by atoms with Crippen molar-refractivity contribution >= 4 is 46.1 Å². The average molecular weight is 623 g/mol. The molecule has 0 bridgehead atoms. The summed E-state index contributed by atoms with van der Waals surface area (Å²) in [6, 6.07) is 22.6. The molecule has 0 radical (unpaired) electrons. The van der Waals surface area contributed by atoms with Gasteiger partial charge in [0.05, 0.1) is 32.3 Å². The first-order valence-electron chi connectivity index (χ1n) is 13.1. The topological polar surface area (TPSA) is 207 Å². The Labute approximate surface area is 256 Å². The van der Waals surface area contributed by atoms with Crippen LogP contribution in [0.15, 0.2) is 94.3 Å². The van der Waals surface area contributed by atoms with Gasteiger partial charge in [0, 0.05) is 17.7 Å². The highest BCUT2D eigenvalue weighted by Crippen LogP contribution is 2.45. The van der Waals surface area contributed by atoms with Gasteiger partial charge in [0.2, 0.25) is 5.91 Å². The molecule has 1 aliphatic heterocycles. The molecule has 2 unspecified atom stereocenters. The van der Waals surface area contributed by atoms with E-state index in [1.165, 1.54) is 53.1 Å². The average Bonchev–Trinajstić information content (AvgIpc) is 3.65. The van der Waals surface area contributed by atoms with Crippen LogP contribution in [-0.2, 0) is 4.79 Å². The molecular formula is C30H18N6O8S. The van der Waals surface area contributed by atoms with Crippen molar-refractivity contribution in [2.24, 2.45) is 10.9 Å². The number of hydrogen-bond donors (Lipinski definition) is 2. The Morgan fingerprint density at radius 1 is 0.978 bits per heavy atom. The molecule has 5 aromatic rings. The van der Waals surface area contributed by atoms with E-state index in [4.69, 9.17) is 4.42 Å². The predicted octanol–water partition coefficient (Wildman–Crippen LogP) is 5.77. The van der Waals surface area contributed by atoms with Gasteiger partial charge in [-0.1, -0.05) is 47.7 Å². The summed E-state index contributed by atoms with van der Waals surface area (Å²) in [5.41, 5.74) is 0.00682. The van der Waals surface area contributed by atoms with E-state index in [1.807, 2.05) is 6.07 Å². The monoisotopic (exact) mass is 622 g/mol. The van der Waals surface area contributed by atoms with Gasteiger partial charge in [0.1, 0.15) is 34.6 Å². The Bertz CT molecular complexity index is 2140. The van der Waals surface area contributed by atoms with E-state index >= 15 is 0 Å². The highest BCUT2D eigenvalue weighted by molar-refractivity contribution is 7.10. The number of hydrogen-bond acceptors (Lipinski definition) is 10. The van der Waals surface area contributed by atoms with Crippen LogP contribution in [0.4, 0.5) is 22.9 Å². The van der Waals surface area contributed by atoms with Crippen LogP contribution in [0.2, 0.25) is 0 Å². The molecule has 2 aromatic heterocycles. The fraction of sp³-hybridized carbons (Fsp3) is 0.0667. The number of furan rings is 1. The van der Waals surface area contributed by atoms with Crippen LogP contribution in [-0.4, -0.2) is 31.4 Å². The number of aromatic carboxylic acids is 1. The number of nitriles is 1. The number of anilines is 1. The molecule has 2 N–H and O–H groups in total. The SMILES string of the molecule is N#CC1C(=O)Nc2c(sc(=Nc3ccccc3[N+](=O)[O-])n2-c2ccccc2[N+](=O)[O-])C1c1ccc(-c2ccc(C(=O)O)cc2)o1. The molecule has 0 saturated heterocycles. The van der Waals surface area contributed by atoms with Crippen molar-refractivity contribution in [1.82, 2.24) is 4.57 Å². The first-order valence-corrected chi connectivity index (χ1v) is 13.9. The third-order valence-corrected chi connectivity index (χ3v) is 8.22. The standard InChI is InChI=1S/C30H18N6O8S/c31-15-18-25(24-14-13-23(44-24)16-9-11-17(12-10-16)29(38)39)26-27(33-28(18)37)34(21-7-3-4-8-22(21)36(42)43)30(45-26)32-19-5-1-2-6-20(19)35(40)41/h1-14,18,25H,(H,33,37)(H,38,39). The third-order valence-electron chi connectivity index (χ3n) is 7.09. The van der Waals surface area contributed by atoms with Crippen LogP contribution < -0.4 is 10.1 Å². The molecule has 0 aliphatic carbocycles. The molecular weight excluding hydrogens is 604 g/mol. The number of rotatable bonds is 7. The van der Waals surface area contributed by atoms with E-state index in [0.29, 0.717) is 16.2 Å². The predicted molar refractivity (Wildman–Crippen MR) is 159 cm³/mol. The first kappa shape index (κ1) is 28.7. The molecule has 45 heavy (non-hydrogen) atoms. The molecule has 2 atom stereocenters. The fourth-order valence-electron chi connectivity index (χ4n) is 5.02. The number of benzene rings is 3. The van der Waals surface area contributed by atoms with E-state index in [-0.39, 0.29) is 44.7 Å². The molecule has 3 aromatic carbocycles. The molecule has 0 spiro atoms. The largest absolute Gasteiger partial charge is 0.478 e. The first-order chi connectivity index (χ1) is 21.7. The lowest BCUT2D eigenvalue weighted by Crippen LogP contribution is -2.33. The molecule has 15 heteroatoms. The number of carboxylic acid groups (broad SMARTS) is 1. The van der Waals surface area contributed by atoms with Crippen molar-refractivity contribution < 1.29 is 29.0 Å². The molecule has 222 valence electrons. The highest BCUT2D eigenvalue weighted by atomic mass is 32.1. The van der Waals surface area contributed by atoms with E-state index in [9.17, 15) is 40.2 Å². The number of carboxylic acids is 1. The maximum Gasteiger partial charge on any atom is 0.335 e. The van der Waals surface area contributed by atoms with Crippen LogP contribution in [0.5, 0.6) is 0 Å². The minimum Gasteiger partial charge on any atom is -0.478 e. The van der Waals surface area contributed by atoms with Crippen LogP contribution in [0.1, 0.15) is 26.9 Å². The summed E-state index contributed by atoms with van der Waals surface area (Å²) in [7, 11) is 0. The second-order valence-electron chi connectivity index (χ2n) is 9.69. The number of thiazole rings is 1. The van der Waals surface area contributed by atoms with Gasteiger partial charge in [-0.05, 0) is 36.4 Å². The second-order valence-corrected chi connectivity index (χ2v) is 10.7. The number of para-hydroxylation sites is 4. The Morgan fingerprint density at radius 2 is 1.64 bits per heavy atom. The van der Waals surface area contributed by atoms with E-state index in [2.05, 4.69) is 10.3 Å². The number of nitro groups is 2. The zero-order valence-corrected chi connectivity index (χ0v) is 23.5. The zero-order valence-electron chi connectivity index (χ0n) is 22.7. The molecule has 14 nitrogen and oxygen atoms in total. The number of carbonyl (C=O) groups excluding carboxylic acids is 1. The van der Waals surface area contributed by atoms with Crippen LogP contribution >= 0.6 is 11.3 Å². The lowest BCUT2D eigenvalue weighted by Gasteiger charge is -2.26. The van der Waals surface area contributed by atoms with Crippen LogP contribution in [0, 0.1) is 37.5 Å². The Kier molecular flexibility index (Phi) is 7.24. The summed E-state index contributed by atoms with van der Waals surface area (Å²) in [5.74, 6) is -3.38. The number of amides is 1. The lowest BCUT2D eigenvalue weighted by molar-refractivity contribution is -0.384. The van der Waals surface area contributed by atoms with Gasteiger partial charge in [-0.2, -0.15) is 5.26 Å². The normalized spacial score (nSPS) is 16.0. The van der Waals surface area contributed by atoms with Gasteiger partial charge in [0.25, 0.3) is 11.4 Å². The maximum atomic E-state index is 13.4. The Hall–Kier alpha value is -6.40. The van der Waals surface area contributed by atoms with E-state index < -0.39 is 33.6 Å². The number of nitrogens with one attached hydrogen (secondary N) is 1. The summed E-state index contributed by atoms with van der Waals surface area (Å²) in [6.45, 7) is 0.